The number of rotatable bonds is 4. The van der Waals surface area contributed by atoms with Gasteiger partial charge in [0.15, 0.2) is 0 Å². The van der Waals surface area contributed by atoms with Crippen LogP contribution in [-0.2, 0) is 6.54 Å². The summed E-state index contributed by atoms with van der Waals surface area (Å²) in [5.74, 6) is 1.52. The number of ether oxygens (including phenoxy) is 1. The lowest BCUT2D eigenvalue weighted by Gasteiger charge is -2.32. The van der Waals surface area contributed by atoms with Crippen LogP contribution in [0.4, 0.5) is 0 Å². The summed E-state index contributed by atoms with van der Waals surface area (Å²) in [5.41, 5.74) is 1.73. The molecule has 1 atom stereocenters. The van der Waals surface area contributed by atoms with Gasteiger partial charge >= 0.3 is 0 Å². The van der Waals surface area contributed by atoms with Crippen LogP contribution >= 0.6 is 11.3 Å². The molecule has 4 rings (SSSR count). The molecule has 1 N–H and O–H groups in total. The summed E-state index contributed by atoms with van der Waals surface area (Å²) < 4.78 is 5.46. The molecule has 1 aliphatic rings. The van der Waals surface area contributed by atoms with Crippen LogP contribution in [0.15, 0.2) is 34.4 Å². The van der Waals surface area contributed by atoms with E-state index in [0.717, 1.165) is 34.1 Å². The quantitative estimate of drug-likeness (QED) is 0.754. The molecule has 0 aliphatic carbocycles. The standard InChI is InChI=1S/C20H23N3O2S/c1-13-7-5-6-10-23(13)11-17-21-19(24)18-15(12-26-20(18)22-17)14-8-3-4-9-16(14)25-2/h3-4,8-9,12-13H,5-7,10-11H2,1-2H3,(H,21,22,24). The fraction of sp³-hybridized carbons (Fsp3) is 0.400. The number of aromatic nitrogens is 2. The summed E-state index contributed by atoms with van der Waals surface area (Å²) in [6.07, 6.45) is 3.71. The number of nitrogens with zero attached hydrogens (tertiary/aromatic N) is 2. The first-order chi connectivity index (χ1) is 12.7. The van der Waals surface area contributed by atoms with Gasteiger partial charge in [0.25, 0.3) is 5.56 Å². The van der Waals surface area contributed by atoms with Crippen molar-refractivity contribution in [1.29, 1.82) is 0 Å². The fourth-order valence-electron chi connectivity index (χ4n) is 3.72. The second-order valence-corrected chi connectivity index (χ2v) is 7.72. The number of thiophene rings is 1. The highest BCUT2D eigenvalue weighted by molar-refractivity contribution is 7.17. The van der Waals surface area contributed by atoms with E-state index in [-0.39, 0.29) is 5.56 Å². The van der Waals surface area contributed by atoms with Crippen LogP contribution in [-0.4, -0.2) is 34.6 Å². The van der Waals surface area contributed by atoms with Crippen molar-refractivity contribution >= 4 is 21.6 Å². The Labute approximate surface area is 156 Å². The van der Waals surface area contributed by atoms with E-state index in [0.29, 0.717) is 18.0 Å². The smallest absolute Gasteiger partial charge is 0.260 e. The van der Waals surface area contributed by atoms with Gasteiger partial charge in [-0.2, -0.15) is 0 Å². The maximum Gasteiger partial charge on any atom is 0.260 e. The first-order valence-electron chi connectivity index (χ1n) is 9.05. The van der Waals surface area contributed by atoms with Gasteiger partial charge < -0.3 is 9.72 Å². The summed E-state index contributed by atoms with van der Waals surface area (Å²) in [4.78, 5) is 23.8. The Morgan fingerprint density at radius 1 is 1.31 bits per heavy atom. The van der Waals surface area contributed by atoms with Gasteiger partial charge in [-0.05, 0) is 32.4 Å². The number of fused-ring (bicyclic) bond motifs is 1. The predicted octanol–water partition coefficient (Wildman–Crippen LogP) is 4.03. The van der Waals surface area contributed by atoms with Crippen molar-refractivity contribution in [1.82, 2.24) is 14.9 Å². The number of aromatic amines is 1. The Morgan fingerprint density at radius 3 is 2.96 bits per heavy atom. The van der Waals surface area contributed by atoms with Gasteiger partial charge in [0.2, 0.25) is 0 Å². The molecule has 3 heterocycles. The van der Waals surface area contributed by atoms with Crippen LogP contribution in [0.3, 0.4) is 0 Å². The maximum atomic E-state index is 12.8. The topological polar surface area (TPSA) is 58.2 Å². The first-order valence-corrected chi connectivity index (χ1v) is 9.93. The normalized spacial score (nSPS) is 18.3. The lowest BCUT2D eigenvalue weighted by molar-refractivity contribution is 0.149. The van der Waals surface area contributed by atoms with E-state index in [1.54, 1.807) is 7.11 Å². The molecule has 1 aromatic carbocycles. The van der Waals surface area contributed by atoms with Crippen molar-refractivity contribution in [3.05, 3.63) is 45.8 Å². The number of para-hydroxylation sites is 1. The lowest BCUT2D eigenvalue weighted by Crippen LogP contribution is -2.37. The number of hydrogen-bond donors (Lipinski definition) is 1. The molecule has 136 valence electrons. The lowest BCUT2D eigenvalue weighted by atomic mass is 10.0. The largest absolute Gasteiger partial charge is 0.496 e. The molecule has 1 unspecified atom stereocenters. The van der Waals surface area contributed by atoms with Crippen molar-refractivity contribution in [2.24, 2.45) is 0 Å². The average molecular weight is 369 g/mol. The number of methoxy groups -OCH3 is 1. The molecule has 3 aromatic rings. The Balaban J connectivity index is 1.73. The summed E-state index contributed by atoms with van der Waals surface area (Å²) in [6.45, 7) is 4.02. The molecule has 0 spiro atoms. The molecule has 0 amide bonds. The molecular weight excluding hydrogens is 346 g/mol. The molecule has 0 saturated carbocycles. The number of piperidine rings is 1. The average Bonchev–Trinajstić information content (AvgIpc) is 3.08. The molecular formula is C20H23N3O2S. The third kappa shape index (κ3) is 3.15. The van der Waals surface area contributed by atoms with Gasteiger partial charge in [-0.1, -0.05) is 24.6 Å². The predicted molar refractivity (Wildman–Crippen MR) is 106 cm³/mol. The Hall–Kier alpha value is -2.18. The first kappa shape index (κ1) is 17.2. The van der Waals surface area contributed by atoms with Gasteiger partial charge in [-0.3, -0.25) is 9.69 Å². The Kier molecular flexibility index (Phi) is 4.78. The number of likely N-dealkylation sites (tertiary alicyclic amines) is 1. The number of benzene rings is 1. The fourth-order valence-corrected chi connectivity index (χ4v) is 4.68. The van der Waals surface area contributed by atoms with Crippen LogP contribution < -0.4 is 10.3 Å². The van der Waals surface area contributed by atoms with Gasteiger partial charge in [0.05, 0.1) is 19.0 Å². The van der Waals surface area contributed by atoms with Crippen molar-refractivity contribution in [2.45, 2.75) is 38.8 Å². The van der Waals surface area contributed by atoms with E-state index >= 15 is 0 Å². The van der Waals surface area contributed by atoms with Crippen molar-refractivity contribution in [3.63, 3.8) is 0 Å². The second kappa shape index (κ2) is 7.21. The number of nitrogens with one attached hydrogen (secondary N) is 1. The third-order valence-electron chi connectivity index (χ3n) is 5.18. The highest BCUT2D eigenvalue weighted by Crippen LogP contribution is 2.36. The molecule has 5 nitrogen and oxygen atoms in total. The van der Waals surface area contributed by atoms with Crippen molar-refractivity contribution < 1.29 is 4.74 Å². The summed E-state index contributed by atoms with van der Waals surface area (Å²) in [7, 11) is 1.65. The summed E-state index contributed by atoms with van der Waals surface area (Å²) in [6, 6.07) is 8.30. The van der Waals surface area contributed by atoms with E-state index < -0.39 is 0 Å². The molecule has 6 heteroatoms. The molecule has 1 fully saturated rings. The van der Waals surface area contributed by atoms with Gasteiger partial charge in [0, 0.05) is 22.5 Å². The van der Waals surface area contributed by atoms with Crippen LogP contribution in [0.1, 0.15) is 32.0 Å². The summed E-state index contributed by atoms with van der Waals surface area (Å²) >= 11 is 1.51. The van der Waals surface area contributed by atoms with Crippen LogP contribution in [0.25, 0.3) is 21.3 Å². The maximum absolute atomic E-state index is 12.8. The van der Waals surface area contributed by atoms with Crippen LogP contribution in [0, 0.1) is 0 Å². The van der Waals surface area contributed by atoms with Crippen molar-refractivity contribution in [2.75, 3.05) is 13.7 Å². The minimum absolute atomic E-state index is 0.0724. The monoisotopic (exact) mass is 369 g/mol. The minimum Gasteiger partial charge on any atom is -0.496 e. The minimum atomic E-state index is -0.0724. The zero-order chi connectivity index (χ0) is 18.1. The molecule has 1 saturated heterocycles. The van der Waals surface area contributed by atoms with E-state index in [4.69, 9.17) is 9.72 Å². The molecule has 0 bridgehead atoms. The van der Waals surface area contributed by atoms with Gasteiger partial charge in [0.1, 0.15) is 16.4 Å². The molecule has 1 aliphatic heterocycles. The van der Waals surface area contributed by atoms with Crippen molar-refractivity contribution in [3.8, 4) is 16.9 Å². The highest BCUT2D eigenvalue weighted by atomic mass is 32.1. The van der Waals surface area contributed by atoms with Crippen LogP contribution in [0.2, 0.25) is 0 Å². The summed E-state index contributed by atoms with van der Waals surface area (Å²) in [5, 5.41) is 2.65. The number of hydrogen-bond acceptors (Lipinski definition) is 5. The van der Waals surface area contributed by atoms with Gasteiger partial charge in [-0.15, -0.1) is 11.3 Å². The van der Waals surface area contributed by atoms with E-state index in [2.05, 4.69) is 16.8 Å². The molecule has 26 heavy (non-hydrogen) atoms. The Bertz CT molecular complexity index is 979. The highest BCUT2D eigenvalue weighted by Gasteiger charge is 2.20. The molecule has 2 aromatic heterocycles. The van der Waals surface area contributed by atoms with E-state index in [1.807, 2.05) is 29.6 Å². The number of H-pyrrole nitrogens is 1. The van der Waals surface area contributed by atoms with Crippen LogP contribution in [0.5, 0.6) is 5.75 Å². The zero-order valence-electron chi connectivity index (χ0n) is 15.1. The van der Waals surface area contributed by atoms with E-state index in [1.165, 1.54) is 30.6 Å². The second-order valence-electron chi connectivity index (χ2n) is 6.86. The molecule has 0 radical (unpaired) electrons. The van der Waals surface area contributed by atoms with Gasteiger partial charge in [-0.25, -0.2) is 4.98 Å². The van der Waals surface area contributed by atoms with E-state index in [9.17, 15) is 4.79 Å². The SMILES string of the molecule is COc1ccccc1-c1csc2nc(CN3CCCCC3C)[nH]c(=O)c12. The Morgan fingerprint density at radius 2 is 2.15 bits per heavy atom. The zero-order valence-corrected chi connectivity index (χ0v) is 15.9. The third-order valence-corrected chi connectivity index (χ3v) is 6.06.